The summed E-state index contributed by atoms with van der Waals surface area (Å²) in [7, 11) is 0. The summed E-state index contributed by atoms with van der Waals surface area (Å²) < 4.78 is 5.43. The Balaban J connectivity index is 1.69. The SMILES string of the molecule is Cc1ccccc1C(=O)NNC(=O)c1cc2ccccc2o1. The first kappa shape index (κ1) is 13.9. The molecule has 5 heteroatoms. The Morgan fingerprint density at radius 3 is 2.36 bits per heavy atom. The van der Waals surface area contributed by atoms with E-state index in [9.17, 15) is 9.59 Å². The fourth-order valence-electron chi connectivity index (χ4n) is 2.16. The number of hydrazine groups is 1. The number of nitrogens with one attached hydrogen (secondary N) is 2. The van der Waals surface area contributed by atoms with Crippen molar-refractivity contribution in [1.82, 2.24) is 10.9 Å². The van der Waals surface area contributed by atoms with Crippen molar-refractivity contribution in [2.24, 2.45) is 0 Å². The van der Waals surface area contributed by atoms with Crippen molar-refractivity contribution >= 4 is 22.8 Å². The van der Waals surface area contributed by atoms with Crippen molar-refractivity contribution in [3.05, 3.63) is 71.5 Å². The van der Waals surface area contributed by atoms with Crippen molar-refractivity contribution in [2.75, 3.05) is 0 Å². The zero-order chi connectivity index (χ0) is 15.5. The minimum atomic E-state index is -0.502. The lowest BCUT2D eigenvalue weighted by Crippen LogP contribution is -2.41. The van der Waals surface area contributed by atoms with Crippen LogP contribution in [-0.4, -0.2) is 11.8 Å². The summed E-state index contributed by atoms with van der Waals surface area (Å²) in [5.74, 6) is -0.730. The fourth-order valence-corrected chi connectivity index (χ4v) is 2.16. The number of furan rings is 1. The van der Waals surface area contributed by atoms with E-state index in [1.807, 2.05) is 37.3 Å². The largest absolute Gasteiger partial charge is 0.451 e. The van der Waals surface area contributed by atoms with Crippen LogP contribution in [0.15, 0.2) is 59.0 Å². The van der Waals surface area contributed by atoms with E-state index in [-0.39, 0.29) is 11.7 Å². The number of hydrogen-bond donors (Lipinski definition) is 2. The van der Waals surface area contributed by atoms with Gasteiger partial charge in [-0.3, -0.25) is 20.4 Å². The van der Waals surface area contributed by atoms with Crippen molar-refractivity contribution in [1.29, 1.82) is 0 Å². The standard InChI is InChI=1S/C17H14N2O3/c1-11-6-2-4-8-13(11)16(20)18-19-17(21)15-10-12-7-3-5-9-14(12)22-15/h2-10H,1H3,(H,18,20)(H,19,21). The second kappa shape index (κ2) is 5.73. The van der Waals surface area contributed by atoms with Gasteiger partial charge in [0.15, 0.2) is 5.76 Å². The van der Waals surface area contributed by atoms with Gasteiger partial charge in [-0.05, 0) is 30.7 Å². The van der Waals surface area contributed by atoms with Gasteiger partial charge in [-0.2, -0.15) is 0 Å². The van der Waals surface area contributed by atoms with E-state index in [2.05, 4.69) is 10.9 Å². The van der Waals surface area contributed by atoms with Crippen LogP contribution in [0.3, 0.4) is 0 Å². The van der Waals surface area contributed by atoms with Crippen LogP contribution in [0.4, 0.5) is 0 Å². The highest BCUT2D eigenvalue weighted by molar-refractivity contribution is 6.00. The van der Waals surface area contributed by atoms with Gasteiger partial charge in [-0.25, -0.2) is 0 Å². The number of amides is 2. The summed E-state index contributed by atoms with van der Waals surface area (Å²) in [6.45, 7) is 1.83. The van der Waals surface area contributed by atoms with Crippen molar-refractivity contribution < 1.29 is 14.0 Å². The topological polar surface area (TPSA) is 71.3 Å². The van der Waals surface area contributed by atoms with Crippen LogP contribution >= 0.6 is 0 Å². The van der Waals surface area contributed by atoms with Crippen molar-refractivity contribution in [2.45, 2.75) is 6.92 Å². The van der Waals surface area contributed by atoms with Crippen LogP contribution in [0, 0.1) is 6.92 Å². The number of para-hydroxylation sites is 1. The third-order valence-corrected chi connectivity index (χ3v) is 3.33. The molecule has 0 unspecified atom stereocenters. The van der Waals surface area contributed by atoms with E-state index in [1.54, 1.807) is 24.3 Å². The molecule has 0 aliphatic heterocycles. The predicted molar refractivity (Wildman–Crippen MR) is 82.3 cm³/mol. The van der Waals surface area contributed by atoms with Gasteiger partial charge in [0.2, 0.25) is 0 Å². The maximum atomic E-state index is 12.0. The number of rotatable bonds is 2. The molecule has 2 aromatic carbocycles. The van der Waals surface area contributed by atoms with Gasteiger partial charge in [0.1, 0.15) is 5.58 Å². The lowest BCUT2D eigenvalue weighted by molar-refractivity contribution is 0.0832. The normalized spacial score (nSPS) is 10.4. The molecule has 0 bridgehead atoms. The van der Waals surface area contributed by atoms with Gasteiger partial charge in [-0.15, -0.1) is 0 Å². The van der Waals surface area contributed by atoms with E-state index in [0.717, 1.165) is 10.9 Å². The number of carbonyl (C=O) groups is 2. The maximum Gasteiger partial charge on any atom is 0.305 e. The molecule has 0 fully saturated rings. The number of aryl methyl sites for hydroxylation is 1. The Labute approximate surface area is 126 Å². The van der Waals surface area contributed by atoms with E-state index in [1.165, 1.54) is 0 Å². The van der Waals surface area contributed by atoms with Crippen molar-refractivity contribution in [3.63, 3.8) is 0 Å². The number of hydrogen-bond acceptors (Lipinski definition) is 3. The predicted octanol–water partition coefficient (Wildman–Crippen LogP) is 2.82. The van der Waals surface area contributed by atoms with Gasteiger partial charge in [-0.1, -0.05) is 36.4 Å². The Bertz CT molecular complexity index is 819. The molecule has 0 aliphatic carbocycles. The highest BCUT2D eigenvalue weighted by Crippen LogP contribution is 2.18. The second-order valence-electron chi connectivity index (χ2n) is 4.87. The summed E-state index contributed by atoms with van der Waals surface area (Å²) in [6, 6.07) is 16.1. The van der Waals surface area contributed by atoms with Crippen LogP contribution in [-0.2, 0) is 0 Å². The Morgan fingerprint density at radius 2 is 1.59 bits per heavy atom. The first-order valence-electron chi connectivity index (χ1n) is 6.80. The summed E-state index contributed by atoms with van der Waals surface area (Å²) in [4.78, 5) is 24.0. The Hall–Kier alpha value is -3.08. The lowest BCUT2D eigenvalue weighted by Gasteiger charge is -2.07. The Kier molecular flexibility index (Phi) is 3.62. The zero-order valence-electron chi connectivity index (χ0n) is 11.9. The number of carbonyl (C=O) groups excluding carboxylic acids is 2. The molecular weight excluding hydrogens is 280 g/mol. The van der Waals surface area contributed by atoms with E-state index < -0.39 is 5.91 Å². The lowest BCUT2D eigenvalue weighted by atomic mass is 10.1. The average molecular weight is 294 g/mol. The molecule has 0 atom stereocenters. The highest BCUT2D eigenvalue weighted by Gasteiger charge is 2.14. The van der Waals surface area contributed by atoms with Crippen LogP contribution in [0.2, 0.25) is 0 Å². The second-order valence-corrected chi connectivity index (χ2v) is 4.87. The molecule has 22 heavy (non-hydrogen) atoms. The first-order chi connectivity index (χ1) is 10.6. The van der Waals surface area contributed by atoms with Gasteiger partial charge in [0, 0.05) is 10.9 Å². The minimum absolute atomic E-state index is 0.145. The molecule has 0 saturated heterocycles. The monoisotopic (exact) mass is 294 g/mol. The molecule has 3 rings (SSSR count). The molecule has 5 nitrogen and oxygen atoms in total. The first-order valence-corrected chi connectivity index (χ1v) is 6.80. The van der Waals surface area contributed by atoms with Gasteiger partial charge in [0.25, 0.3) is 5.91 Å². The number of benzene rings is 2. The van der Waals surface area contributed by atoms with Crippen LogP contribution in [0.1, 0.15) is 26.5 Å². The van der Waals surface area contributed by atoms with Crippen LogP contribution in [0.5, 0.6) is 0 Å². The highest BCUT2D eigenvalue weighted by atomic mass is 16.3. The molecule has 2 amide bonds. The zero-order valence-corrected chi connectivity index (χ0v) is 11.9. The quantitative estimate of drug-likeness (QED) is 0.714. The average Bonchev–Trinajstić information content (AvgIpc) is 2.97. The van der Waals surface area contributed by atoms with E-state index >= 15 is 0 Å². The van der Waals surface area contributed by atoms with E-state index in [4.69, 9.17) is 4.42 Å². The molecule has 0 saturated carbocycles. The molecule has 0 aliphatic rings. The Morgan fingerprint density at radius 1 is 0.909 bits per heavy atom. The van der Waals surface area contributed by atoms with Gasteiger partial charge < -0.3 is 4.42 Å². The molecule has 2 N–H and O–H groups in total. The van der Waals surface area contributed by atoms with E-state index in [0.29, 0.717) is 11.1 Å². The smallest absolute Gasteiger partial charge is 0.305 e. The summed E-state index contributed by atoms with van der Waals surface area (Å²) in [5, 5.41) is 0.831. The van der Waals surface area contributed by atoms with Crippen LogP contribution in [0.25, 0.3) is 11.0 Å². The minimum Gasteiger partial charge on any atom is -0.451 e. The molecule has 0 spiro atoms. The third-order valence-electron chi connectivity index (χ3n) is 3.33. The third kappa shape index (κ3) is 2.69. The summed E-state index contributed by atoms with van der Waals surface area (Å²) in [5.41, 5.74) is 6.70. The molecule has 110 valence electrons. The molecule has 1 heterocycles. The fraction of sp³-hybridized carbons (Fsp3) is 0.0588. The molecular formula is C17H14N2O3. The number of fused-ring (bicyclic) bond motifs is 1. The maximum absolute atomic E-state index is 12.0. The summed E-state index contributed by atoms with van der Waals surface area (Å²) in [6.07, 6.45) is 0. The summed E-state index contributed by atoms with van der Waals surface area (Å²) >= 11 is 0. The molecule has 1 aromatic heterocycles. The van der Waals surface area contributed by atoms with Gasteiger partial charge >= 0.3 is 5.91 Å². The van der Waals surface area contributed by atoms with Crippen molar-refractivity contribution in [3.8, 4) is 0 Å². The van der Waals surface area contributed by atoms with Gasteiger partial charge in [0.05, 0.1) is 0 Å². The molecule has 3 aromatic rings. The van der Waals surface area contributed by atoms with Crippen LogP contribution < -0.4 is 10.9 Å². The molecule has 0 radical (unpaired) electrons.